The van der Waals surface area contributed by atoms with E-state index in [1.165, 1.54) is 19.3 Å². The van der Waals surface area contributed by atoms with E-state index in [0.29, 0.717) is 11.8 Å². The van der Waals surface area contributed by atoms with E-state index in [9.17, 15) is 4.79 Å². The van der Waals surface area contributed by atoms with Crippen LogP contribution in [0.4, 0.5) is 5.69 Å². The van der Waals surface area contributed by atoms with Gasteiger partial charge in [0.25, 0.3) is 0 Å². The van der Waals surface area contributed by atoms with E-state index in [-0.39, 0.29) is 15.6 Å². The van der Waals surface area contributed by atoms with Crippen LogP contribution in [0.3, 0.4) is 0 Å². The Morgan fingerprint density at radius 2 is 1.92 bits per heavy atom. The van der Waals surface area contributed by atoms with Crippen molar-refractivity contribution in [3.8, 4) is 0 Å². The molecule has 2 N–H and O–H groups in total. The van der Waals surface area contributed by atoms with E-state index < -0.39 is 0 Å². The zero-order chi connectivity index (χ0) is 17.1. The molecule has 0 aliphatic heterocycles. The molecule has 6 rings (SSSR count). The number of rotatable bonds is 3. The van der Waals surface area contributed by atoms with Crippen molar-refractivity contribution < 1.29 is 4.79 Å². The largest absolute Gasteiger partial charge is 0.298 e. The molecule has 25 heavy (non-hydrogen) atoms. The van der Waals surface area contributed by atoms with Gasteiger partial charge in [-0.2, -0.15) is 0 Å². The molecule has 5 heteroatoms. The molecule has 1 aromatic carbocycles. The maximum Gasteiger partial charge on any atom is 0.244 e. The van der Waals surface area contributed by atoms with Gasteiger partial charge < -0.3 is 0 Å². The van der Waals surface area contributed by atoms with Gasteiger partial charge in [-0.25, -0.2) is 0 Å². The standard InChI is InChI=1S/C20H22BrN3O/c21-20-10-13-7-14(11-20)9-19(8-13,12-20)18(25)24-23-17-5-1-4-16-15(17)3-2-6-22-16/h1-6,13-14,23H,7-12H2,(H,24,25). The van der Waals surface area contributed by atoms with E-state index in [1.807, 2.05) is 30.3 Å². The quantitative estimate of drug-likeness (QED) is 0.593. The highest BCUT2D eigenvalue weighted by Crippen LogP contribution is 2.64. The van der Waals surface area contributed by atoms with Crippen LogP contribution in [0, 0.1) is 17.3 Å². The number of nitrogens with zero attached hydrogens (tertiary/aromatic N) is 1. The molecule has 1 amide bonds. The molecule has 0 saturated heterocycles. The van der Waals surface area contributed by atoms with Gasteiger partial charge in [-0.3, -0.25) is 20.6 Å². The lowest BCUT2D eigenvalue weighted by Gasteiger charge is -2.59. The fourth-order valence-electron chi connectivity index (χ4n) is 5.89. The number of hydrogen-bond acceptors (Lipinski definition) is 3. The first-order chi connectivity index (χ1) is 12.1. The molecule has 4 saturated carbocycles. The molecule has 4 aliphatic carbocycles. The third-order valence-electron chi connectivity index (χ3n) is 6.43. The van der Waals surface area contributed by atoms with Crippen molar-refractivity contribution in [2.45, 2.75) is 42.8 Å². The summed E-state index contributed by atoms with van der Waals surface area (Å²) in [6.45, 7) is 0. The molecule has 1 aromatic heterocycles. The number of carbonyl (C=O) groups excluding carboxylic acids is 1. The predicted molar refractivity (Wildman–Crippen MR) is 102 cm³/mol. The van der Waals surface area contributed by atoms with E-state index in [0.717, 1.165) is 35.9 Å². The molecule has 2 aromatic rings. The van der Waals surface area contributed by atoms with Crippen molar-refractivity contribution in [1.82, 2.24) is 10.4 Å². The Hall–Kier alpha value is -1.62. The van der Waals surface area contributed by atoms with Gasteiger partial charge in [0.05, 0.1) is 16.6 Å². The van der Waals surface area contributed by atoms with Crippen molar-refractivity contribution >= 4 is 38.4 Å². The Kier molecular flexibility index (Phi) is 3.40. The number of alkyl halides is 1. The summed E-state index contributed by atoms with van der Waals surface area (Å²) in [5, 5.41) is 1.02. The average Bonchev–Trinajstić information content (AvgIpc) is 2.57. The van der Waals surface area contributed by atoms with Crippen molar-refractivity contribution in [1.29, 1.82) is 0 Å². The number of nitrogens with one attached hydrogen (secondary N) is 2. The Labute approximate surface area is 155 Å². The third kappa shape index (κ3) is 2.55. The van der Waals surface area contributed by atoms with Gasteiger partial charge >= 0.3 is 0 Å². The first kappa shape index (κ1) is 15.6. The van der Waals surface area contributed by atoms with Gasteiger partial charge in [0, 0.05) is 15.9 Å². The molecule has 4 fully saturated rings. The second-order valence-corrected chi connectivity index (χ2v) is 10.0. The smallest absolute Gasteiger partial charge is 0.244 e. The van der Waals surface area contributed by atoms with Crippen molar-refractivity contribution in [2.75, 3.05) is 5.43 Å². The number of aromatic nitrogens is 1. The number of hydrazine groups is 1. The second-order valence-electron chi connectivity index (χ2n) is 8.35. The number of fused-ring (bicyclic) bond motifs is 1. The molecule has 2 unspecified atom stereocenters. The molecule has 4 nitrogen and oxygen atoms in total. The fourth-order valence-corrected chi connectivity index (χ4v) is 7.34. The first-order valence-electron chi connectivity index (χ1n) is 9.15. The van der Waals surface area contributed by atoms with Gasteiger partial charge in [-0.05, 0) is 74.6 Å². The van der Waals surface area contributed by atoms with Crippen LogP contribution in [0.2, 0.25) is 0 Å². The Morgan fingerprint density at radius 1 is 1.12 bits per heavy atom. The Bertz CT molecular complexity index is 832. The van der Waals surface area contributed by atoms with E-state index in [4.69, 9.17) is 0 Å². The summed E-state index contributed by atoms with van der Waals surface area (Å²) in [4.78, 5) is 17.5. The molecule has 2 atom stereocenters. The van der Waals surface area contributed by atoms with Crippen LogP contribution in [-0.2, 0) is 4.79 Å². The van der Waals surface area contributed by atoms with E-state index in [1.54, 1.807) is 6.20 Å². The van der Waals surface area contributed by atoms with Crippen molar-refractivity contribution in [3.05, 3.63) is 36.5 Å². The number of anilines is 1. The van der Waals surface area contributed by atoms with Crippen LogP contribution >= 0.6 is 15.9 Å². The topological polar surface area (TPSA) is 54.0 Å². The number of benzene rings is 1. The number of amides is 1. The summed E-state index contributed by atoms with van der Waals surface area (Å²) in [7, 11) is 0. The van der Waals surface area contributed by atoms with Gasteiger partial charge in [0.2, 0.25) is 5.91 Å². The summed E-state index contributed by atoms with van der Waals surface area (Å²) < 4.78 is 0.192. The minimum atomic E-state index is -0.205. The minimum absolute atomic E-state index is 0.159. The maximum absolute atomic E-state index is 13.1. The van der Waals surface area contributed by atoms with E-state index in [2.05, 4.69) is 31.8 Å². The number of halogens is 1. The van der Waals surface area contributed by atoms with Gasteiger partial charge in [0.1, 0.15) is 0 Å². The third-order valence-corrected chi connectivity index (χ3v) is 7.36. The molecule has 4 aliphatic rings. The summed E-state index contributed by atoms with van der Waals surface area (Å²) in [6.07, 6.45) is 8.63. The second kappa shape index (κ2) is 5.44. The van der Waals surface area contributed by atoms with E-state index >= 15 is 0 Å². The molecular formula is C20H22BrN3O. The lowest BCUT2D eigenvalue weighted by molar-refractivity contribution is -0.143. The van der Waals surface area contributed by atoms with Crippen LogP contribution in [0.25, 0.3) is 10.9 Å². The van der Waals surface area contributed by atoms with Gasteiger partial charge in [-0.1, -0.05) is 22.0 Å². The Balaban J connectivity index is 1.37. The number of carbonyl (C=O) groups is 1. The van der Waals surface area contributed by atoms with Gasteiger partial charge in [-0.15, -0.1) is 0 Å². The summed E-state index contributed by atoms with van der Waals surface area (Å²) in [6, 6.07) is 9.87. The van der Waals surface area contributed by atoms with Crippen LogP contribution in [0.5, 0.6) is 0 Å². The van der Waals surface area contributed by atoms with Crippen LogP contribution < -0.4 is 10.9 Å². The monoisotopic (exact) mass is 399 g/mol. The zero-order valence-electron chi connectivity index (χ0n) is 14.1. The molecule has 1 heterocycles. The molecule has 0 radical (unpaired) electrons. The van der Waals surface area contributed by atoms with Gasteiger partial charge in [0.15, 0.2) is 0 Å². The normalized spacial score (nSPS) is 35.7. The highest BCUT2D eigenvalue weighted by atomic mass is 79.9. The fraction of sp³-hybridized carbons (Fsp3) is 0.500. The molecule has 0 spiro atoms. The van der Waals surface area contributed by atoms with Crippen molar-refractivity contribution in [3.63, 3.8) is 0 Å². The lowest BCUT2D eigenvalue weighted by atomic mass is 9.49. The molecular weight excluding hydrogens is 378 g/mol. The highest BCUT2D eigenvalue weighted by molar-refractivity contribution is 9.10. The molecule has 130 valence electrons. The lowest BCUT2D eigenvalue weighted by Crippen LogP contribution is -2.58. The first-order valence-corrected chi connectivity index (χ1v) is 9.94. The molecule has 4 bridgehead atoms. The highest BCUT2D eigenvalue weighted by Gasteiger charge is 2.59. The Morgan fingerprint density at radius 3 is 2.68 bits per heavy atom. The maximum atomic E-state index is 13.1. The summed E-state index contributed by atoms with van der Waals surface area (Å²) in [5.74, 6) is 1.56. The summed E-state index contributed by atoms with van der Waals surface area (Å²) in [5.41, 5.74) is 7.82. The number of pyridine rings is 1. The number of hydrogen-bond donors (Lipinski definition) is 2. The van der Waals surface area contributed by atoms with Crippen molar-refractivity contribution in [2.24, 2.45) is 17.3 Å². The van der Waals surface area contributed by atoms with Crippen LogP contribution in [0.15, 0.2) is 36.5 Å². The summed E-state index contributed by atoms with van der Waals surface area (Å²) >= 11 is 3.98. The van der Waals surface area contributed by atoms with Crippen LogP contribution in [0.1, 0.15) is 38.5 Å². The average molecular weight is 400 g/mol. The SMILES string of the molecule is O=C(NNc1cccc2ncccc12)C12CC3CC(CC(Br)(C3)C1)C2. The zero-order valence-corrected chi connectivity index (χ0v) is 15.7. The minimum Gasteiger partial charge on any atom is -0.298 e. The predicted octanol–water partition coefficient (Wildman–Crippen LogP) is 4.41. The van der Waals surface area contributed by atoms with Crippen LogP contribution in [-0.4, -0.2) is 15.2 Å².